The fourth-order valence-corrected chi connectivity index (χ4v) is 8.17. The molecule has 298 valence electrons. The van der Waals surface area contributed by atoms with Crippen molar-refractivity contribution in [2.24, 2.45) is 23.7 Å². The van der Waals surface area contributed by atoms with Gasteiger partial charge in [-0.25, -0.2) is 0 Å². The Morgan fingerprint density at radius 1 is 0.804 bits per heavy atom. The van der Waals surface area contributed by atoms with Crippen molar-refractivity contribution >= 4 is 11.8 Å². The zero-order valence-electron chi connectivity index (χ0n) is 33.2. The van der Waals surface area contributed by atoms with Crippen LogP contribution in [0.4, 0.5) is 0 Å². The third-order valence-corrected chi connectivity index (χ3v) is 12.1. The number of hydrogen-bond donors (Lipinski definition) is 4. The lowest BCUT2D eigenvalue weighted by Crippen LogP contribution is -2.61. The highest BCUT2D eigenvalue weighted by Gasteiger charge is 2.53. The Kier molecular flexibility index (Phi) is 14.7. The summed E-state index contributed by atoms with van der Waals surface area (Å²) in [5.74, 6) is -4.50. The number of cyclic esters (lactones) is 1. The number of aliphatic hydroxyl groups is 4. The average molecular weight is 734 g/mol. The molecule has 14 heteroatoms. The second kappa shape index (κ2) is 17.0. The highest BCUT2D eigenvalue weighted by molar-refractivity contribution is 5.83. The van der Waals surface area contributed by atoms with Crippen LogP contribution in [-0.4, -0.2) is 150 Å². The number of methoxy groups -OCH3 is 2. The highest BCUT2D eigenvalue weighted by Crippen LogP contribution is 2.41. The van der Waals surface area contributed by atoms with Crippen LogP contribution in [0.1, 0.15) is 88.5 Å². The molecule has 3 rings (SSSR count). The fourth-order valence-electron chi connectivity index (χ4n) is 8.17. The summed E-state index contributed by atoms with van der Waals surface area (Å²) in [6, 6.07) is -0.283. The van der Waals surface area contributed by atoms with Gasteiger partial charge in [-0.2, -0.15) is 0 Å². The van der Waals surface area contributed by atoms with E-state index in [9.17, 15) is 30.0 Å². The fraction of sp³-hybridized carbons (Fsp3) is 0.946. The summed E-state index contributed by atoms with van der Waals surface area (Å²) in [5, 5.41) is 45.2. The Bertz CT molecular complexity index is 1170. The van der Waals surface area contributed by atoms with E-state index in [1.165, 1.54) is 35.0 Å². The molecule has 3 aliphatic rings. The van der Waals surface area contributed by atoms with Crippen molar-refractivity contribution in [2.75, 3.05) is 28.3 Å². The van der Waals surface area contributed by atoms with E-state index in [0.29, 0.717) is 6.42 Å². The molecular formula is C37H67NO13. The average Bonchev–Trinajstić information content (AvgIpc) is 3.07. The van der Waals surface area contributed by atoms with Gasteiger partial charge in [-0.3, -0.25) is 9.59 Å². The van der Waals surface area contributed by atoms with E-state index in [4.69, 9.17) is 33.2 Å². The second-order valence-electron chi connectivity index (χ2n) is 16.4. The van der Waals surface area contributed by atoms with Gasteiger partial charge >= 0.3 is 5.97 Å². The predicted molar refractivity (Wildman–Crippen MR) is 186 cm³/mol. The summed E-state index contributed by atoms with van der Waals surface area (Å²) in [6.45, 7) is 16.7. The molecule has 18 atom stereocenters. The van der Waals surface area contributed by atoms with E-state index in [-0.39, 0.29) is 30.8 Å². The topological polar surface area (TPSA) is 183 Å². The summed E-state index contributed by atoms with van der Waals surface area (Å²) >= 11 is 0. The summed E-state index contributed by atoms with van der Waals surface area (Å²) in [4.78, 5) is 29.8. The lowest BCUT2D eigenvalue weighted by molar-refractivity contribution is -0.319. The first-order valence-electron chi connectivity index (χ1n) is 18.3. The number of Topliss-reactive ketones (excluding diaryl/α,β-unsaturated/α-hetero) is 1. The van der Waals surface area contributed by atoms with Gasteiger partial charge in [0.2, 0.25) is 0 Å². The van der Waals surface area contributed by atoms with Gasteiger partial charge in [-0.05, 0) is 75.4 Å². The van der Waals surface area contributed by atoms with Crippen LogP contribution < -0.4 is 0 Å². The Balaban J connectivity index is 2.20. The van der Waals surface area contributed by atoms with Gasteiger partial charge in [-0.15, -0.1) is 0 Å². The van der Waals surface area contributed by atoms with Gasteiger partial charge in [0.25, 0.3) is 0 Å². The summed E-state index contributed by atoms with van der Waals surface area (Å²) in [5.41, 5.74) is -4.25. The maximum Gasteiger partial charge on any atom is 0.311 e. The van der Waals surface area contributed by atoms with Crippen LogP contribution in [0.5, 0.6) is 0 Å². The first-order chi connectivity index (χ1) is 23.4. The molecule has 4 unspecified atom stereocenters. The van der Waals surface area contributed by atoms with E-state index in [2.05, 4.69) is 0 Å². The van der Waals surface area contributed by atoms with Crippen molar-refractivity contribution in [1.82, 2.24) is 4.90 Å². The number of carbonyl (C=O) groups excluding carboxylic acids is 2. The molecule has 3 aliphatic heterocycles. The highest BCUT2D eigenvalue weighted by atomic mass is 16.7. The molecule has 0 radical (unpaired) electrons. The molecule has 51 heavy (non-hydrogen) atoms. The third kappa shape index (κ3) is 9.33. The van der Waals surface area contributed by atoms with Crippen LogP contribution in [0, 0.1) is 23.7 Å². The number of ketones is 1. The van der Waals surface area contributed by atoms with Crippen LogP contribution in [0.25, 0.3) is 0 Å². The van der Waals surface area contributed by atoms with Crippen LogP contribution in [0.15, 0.2) is 0 Å². The van der Waals surface area contributed by atoms with Gasteiger partial charge in [0.15, 0.2) is 12.6 Å². The van der Waals surface area contributed by atoms with E-state index in [0.717, 1.165) is 0 Å². The van der Waals surface area contributed by atoms with Gasteiger partial charge in [0.1, 0.15) is 29.7 Å². The molecule has 0 amide bonds. The normalized spacial score (nSPS) is 49.7. The third-order valence-electron chi connectivity index (χ3n) is 12.1. The molecule has 3 heterocycles. The molecule has 0 spiro atoms. The van der Waals surface area contributed by atoms with Crippen molar-refractivity contribution in [2.45, 2.75) is 173 Å². The summed E-state index contributed by atoms with van der Waals surface area (Å²) < 4.78 is 43.6. The van der Waals surface area contributed by atoms with E-state index < -0.39 is 102 Å². The lowest BCUT2D eigenvalue weighted by atomic mass is 9.74. The van der Waals surface area contributed by atoms with Crippen molar-refractivity contribution < 1.29 is 63.2 Å². The minimum Gasteiger partial charge on any atom is -0.459 e. The number of carbonyl (C=O) groups is 2. The van der Waals surface area contributed by atoms with Crippen molar-refractivity contribution in [3.8, 4) is 0 Å². The monoisotopic (exact) mass is 733 g/mol. The first kappa shape index (κ1) is 44.1. The van der Waals surface area contributed by atoms with Crippen LogP contribution >= 0.6 is 0 Å². The number of likely N-dealkylation sites (N-methyl/N-ethyl adjacent to an activating group) is 1. The molecule has 0 aromatic rings. The molecule has 14 nitrogen and oxygen atoms in total. The van der Waals surface area contributed by atoms with Crippen LogP contribution in [-0.2, 0) is 42.7 Å². The van der Waals surface area contributed by atoms with Crippen molar-refractivity contribution in [3.05, 3.63) is 0 Å². The maximum absolute atomic E-state index is 14.0. The molecule has 4 N–H and O–H groups in total. The molecule has 0 saturated carbocycles. The molecule has 0 aromatic heterocycles. The molecule has 3 saturated heterocycles. The first-order valence-corrected chi connectivity index (χ1v) is 18.3. The maximum atomic E-state index is 14.0. The Morgan fingerprint density at radius 3 is 1.94 bits per heavy atom. The van der Waals surface area contributed by atoms with Gasteiger partial charge in [0, 0.05) is 44.4 Å². The summed E-state index contributed by atoms with van der Waals surface area (Å²) in [6.07, 6.45) is -8.94. The van der Waals surface area contributed by atoms with Crippen molar-refractivity contribution in [3.63, 3.8) is 0 Å². The second-order valence-corrected chi connectivity index (χ2v) is 16.4. The van der Waals surface area contributed by atoms with Crippen LogP contribution in [0.3, 0.4) is 0 Å². The lowest BCUT2D eigenvalue weighted by Gasteiger charge is -2.49. The van der Waals surface area contributed by atoms with E-state index in [1.807, 2.05) is 32.8 Å². The SMILES string of the molecule is COC1(C)C[C@H](O[C@H]2[C@H](C)[C@@H](O[C@@H]3O[C@H](C)CC(N(C)C)C3O)[C@](C)(OC)C[C@@H](C)C(=O)[C@H](C)[C@@H](O)[C@](C)(O)[C@@H](C)OC(=O)[C@@H]2C)O[C@H](C)C1O. The molecular weight excluding hydrogens is 666 g/mol. The molecule has 0 aromatic carbocycles. The number of aliphatic hydroxyl groups excluding tert-OH is 3. The minimum atomic E-state index is -1.97. The minimum absolute atomic E-state index is 0.109. The number of ether oxygens (including phenoxy) is 7. The molecule has 0 bridgehead atoms. The standard InChI is InChI=1S/C37H67NO13/c1-18-16-36(9,46-14)32(51-34-28(40)25(38(11)12)15-19(2)47-34)21(4)29(50-26-17-35(8,45-13)31(42)23(6)48-26)22(5)33(43)49-24(7)37(10,44)30(41)20(3)27(18)39/h18-26,28-32,34,40-42,44H,15-17H2,1-14H3/t18-,19-,20+,21+,22-,23-,24-,25?,26+,28?,29+,30-,31?,32-,34+,35?,36-,37-/m1/s1. The zero-order chi connectivity index (χ0) is 39.0. The molecule has 3 fully saturated rings. The van der Waals surface area contributed by atoms with Gasteiger partial charge in [0.05, 0.1) is 47.6 Å². The van der Waals surface area contributed by atoms with Crippen LogP contribution in [0.2, 0.25) is 0 Å². The Labute approximate surface area is 304 Å². The number of rotatable bonds is 7. The number of esters is 1. The van der Waals surface area contributed by atoms with Crippen molar-refractivity contribution in [1.29, 1.82) is 0 Å². The van der Waals surface area contributed by atoms with Gasteiger partial charge in [-0.1, -0.05) is 20.8 Å². The quantitative estimate of drug-likeness (QED) is 0.279. The number of hydrogen-bond acceptors (Lipinski definition) is 14. The predicted octanol–water partition coefficient (Wildman–Crippen LogP) is 2.05. The Hall–Kier alpha value is -1.30. The zero-order valence-corrected chi connectivity index (χ0v) is 33.2. The van der Waals surface area contributed by atoms with E-state index >= 15 is 0 Å². The summed E-state index contributed by atoms with van der Waals surface area (Å²) in [7, 11) is 6.75. The largest absolute Gasteiger partial charge is 0.459 e. The smallest absolute Gasteiger partial charge is 0.311 e. The van der Waals surface area contributed by atoms with Gasteiger partial charge < -0.3 is 58.5 Å². The van der Waals surface area contributed by atoms with E-state index in [1.54, 1.807) is 34.6 Å². The number of nitrogens with zero attached hydrogens (tertiary/aromatic N) is 1. The molecule has 0 aliphatic carbocycles. The Morgan fingerprint density at radius 2 is 1.39 bits per heavy atom.